The van der Waals surface area contributed by atoms with E-state index in [2.05, 4.69) is 51.8 Å². The highest BCUT2D eigenvalue weighted by atomic mass is 35.5. The van der Waals surface area contributed by atoms with Crippen molar-refractivity contribution in [2.45, 2.75) is 72.1 Å². The molecule has 8 nitrogen and oxygen atoms in total. The number of aliphatic imine (C=N–C) groups is 2. The van der Waals surface area contributed by atoms with Crippen molar-refractivity contribution in [1.82, 2.24) is 21.3 Å². The zero-order valence-electron chi connectivity index (χ0n) is 25.1. The SMILES string of the molecule is C=Nc1c(Cl)cc(N[C@@H](C(=C)/C(C)=N\C(F)=C/C)C2=CN(C3(C)CC3)NN2)cc1/C(NCC(C)(C)C(F)(F)F)=C(\C)C#N. The molecule has 1 aromatic rings. The molecule has 0 saturated heterocycles. The fraction of sp³-hybridized carbons (Fsp3) is 0.433. The molecule has 13 heteroatoms. The van der Waals surface area contributed by atoms with E-state index in [1.807, 2.05) is 17.3 Å². The van der Waals surface area contributed by atoms with Crippen LogP contribution >= 0.6 is 11.6 Å². The average Bonchev–Trinajstić information content (AvgIpc) is 3.49. The average molecular weight is 621 g/mol. The molecule has 0 bridgehead atoms. The van der Waals surface area contributed by atoms with Crippen LogP contribution in [0, 0.1) is 16.7 Å². The Balaban J connectivity index is 2.09. The minimum absolute atomic E-state index is 0.0566. The number of allylic oxidation sites excluding steroid dienone is 2. The fourth-order valence-electron chi connectivity index (χ4n) is 4.14. The number of rotatable bonds is 12. The topological polar surface area (TPSA) is 99.9 Å². The van der Waals surface area contributed by atoms with E-state index in [1.165, 1.54) is 19.9 Å². The molecule has 1 aromatic carbocycles. The van der Waals surface area contributed by atoms with Crippen molar-refractivity contribution < 1.29 is 17.6 Å². The molecule has 0 unspecified atom stereocenters. The molecule has 1 aliphatic heterocycles. The van der Waals surface area contributed by atoms with Crippen molar-refractivity contribution in [1.29, 1.82) is 5.26 Å². The Morgan fingerprint density at radius 2 is 1.95 bits per heavy atom. The van der Waals surface area contributed by atoms with Gasteiger partial charge in [-0.1, -0.05) is 18.2 Å². The molecule has 3 rings (SSSR count). The van der Waals surface area contributed by atoms with E-state index in [-0.39, 0.29) is 33.1 Å². The third-order valence-electron chi connectivity index (χ3n) is 7.60. The van der Waals surface area contributed by atoms with Gasteiger partial charge in [-0.15, -0.1) is 5.53 Å². The van der Waals surface area contributed by atoms with Crippen molar-refractivity contribution >= 4 is 41.1 Å². The van der Waals surface area contributed by atoms with Crippen molar-refractivity contribution in [3.8, 4) is 6.07 Å². The normalized spacial score (nSPS) is 18.2. The van der Waals surface area contributed by atoms with Crippen molar-refractivity contribution in [2.75, 3.05) is 11.9 Å². The van der Waals surface area contributed by atoms with Crippen LogP contribution in [0.5, 0.6) is 0 Å². The Bertz CT molecular complexity index is 1440. The van der Waals surface area contributed by atoms with E-state index in [0.717, 1.165) is 26.7 Å². The molecule has 232 valence electrons. The first kappa shape index (κ1) is 33.7. The molecule has 4 N–H and O–H groups in total. The van der Waals surface area contributed by atoms with Crippen LogP contribution < -0.4 is 21.6 Å². The molecule has 0 spiro atoms. The van der Waals surface area contributed by atoms with Gasteiger partial charge in [0.05, 0.1) is 50.7 Å². The zero-order chi connectivity index (χ0) is 32.3. The molecule has 1 fully saturated rings. The van der Waals surface area contributed by atoms with Gasteiger partial charge >= 0.3 is 6.18 Å². The Morgan fingerprint density at radius 1 is 1.30 bits per heavy atom. The van der Waals surface area contributed by atoms with Gasteiger partial charge in [0.1, 0.15) is 0 Å². The van der Waals surface area contributed by atoms with Crippen LogP contribution in [0.15, 0.2) is 63.8 Å². The molecule has 1 atom stereocenters. The summed E-state index contributed by atoms with van der Waals surface area (Å²) >= 11 is 6.61. The maximum atomic E-state index is 14.1. The molecule has 0 radical (unpaired) electrons. The summed E-state index contributed by atoms with van der Waals surface area (Å²) in [6, 6.07) is 4.53. The lowest BCUT2D eigenvalue weighted by Gasteiger charge is -2.29. The summed E-state index contributed by atoms with van der Waals surface area (Å²) in [5.41, 5.74) is 6.70. The van der Waals surface area contributed by atoms with Crippen LogP contribution in [-0.2, 0) is 0 Å². The number of nitriles is 1. The van der Waals surface area contributed by atoms with Gasteiger partial charge < -0.3 is 16.1 Å². The quantitative estimate of drug-likeness (QED) is 0.0838. The molecular formula is C30H37ClF4N8. The number of halogens is 5. The largest absolute Gasteiger partial charge is 0.395 e. The van der Waals surface area contributed by atoms with Crippen LogP contribution in [-0.4, -0.2) is 41.7 Å². The minimum atomic E-state index is -4.49. The Labute approximate surface area is 254 Å². The molecule has 1 saturated carbocycles. The van der Waals surface area contributed by atoms with Crippen molar-refractivity contribution in [3.05, 3.63) is 64.4 Å². The lowest BCUT2D eigenvalue weighted by atomic mass is 9.92. The van der Waals surface area contributed by atoms with E-state index in [4.69, 9.17) is 11.6 Å². The van der Waals surface area contributed by atoms with Gasteiger partial charge in [-0.2, -0.15) is 22.8 Å². The predicted octanol–water partition coefficient (Wildman–Crippen LogP) is 7.45. The second-order valence-corrected chi connectivity index (χ2v) is 11.9. The molecule has 2 aliphatic rings. The standard InChI is InChI=1S/C30H37ClF4N8/c1-9-24(32)39-19(4)18(3)26(23-15-43(42-41-23)29(7)10-11-29)40-20-12-21(27(37-8)22(31)13-20)25(17(2)14-36)38-16-28(5,6)30(33,34)35/h9,12-13,15,26,38,40-42H,3,8,10-11,16H2,1-2,4-7H3/b24-9-,25-17-,39-19-/t26-/m0/s1. The first-order valence-electron chi connectivity index (χ1n) is 13.6. The van der Waals surface area contributed by atoms with E-state index in [0.29, 0.717) is 22.7 Å². The third kappa shape index (κ3) is 7.58. The number of alkyl halides is 3. The monoisotopic (exact) mass is 620 g/mol. The lowest BCUT2D eigenvalue weighted by Crippen LogP contribution is -2.44. The Kier molecular flexibility index (Phi) is 10.0. The van der Waals surface area contributed by atoms with Crippen LogP contribution in [0.25, 0.3) is 5.70 Å². The number of nitrogens with one attached hydrogen (secondary N) is 4. The number of benzene rings is 1. The molecule has 0 aromatic heterocycles. The van der Waals surface area contributed by atoms with Gasteiger partial charge in [-0.3, -0.25) is 10.0 Å². The number of hydrogen-bond donors (Lipinski definition) is 4. The summed E-state index contributed by atoms with van der Waals surface area (Å²) < 4.78 is 55.0. The smallest absolute Gasteiger partial charge is 0.383 e. The summed E-state index contributed by atoms with van der Waals surface area (Å²) in [6.45, 7) is 16.1. The third-order valence-corrected chi connectivity index (χ3v) is 7.89. The molecule has 0 amide bonds. The number of anilines is 1. The lowest BCUT2D eigenvalue weighted by molar-refractivity contribution is -0.208. The van der Waals surface area contributed by atoms with Crippen LogP contribution in [0.3, 0.4) is 0 Å². The number of hydrazine groups is 2. The minimum Gasteiger partial charge on any atom is -0.383 e. The maximum Gasteiger partial charge on any atom is 0.395 e. The van der Waals surface area contributed by atoms with Crippen LogP contribution in [0.1, 0.15) is 59.9 Å². The molecule has 43 heavy (non-hydrogen) atoms. The van der Waals surface area contributed by atoms with Gasteiger partial charge in [-0.05, 0) is 84.9 Å². The van der Waals surface area contributed by atoms with Crippen molar-refractivity contribution in [3.63, 3.8) is 0 Å². The highest BCUT2D eigenvalue weighted by molar-refractivity contribution is 6.33. The molecule has 1 aliphatic carbocycles. The Hall–Kier alpha value is -3.82. The second kappa shape index (κ2) is 12.8. The van der Waals surface area contributed by atoms with E-state index in [9.17, 15) is 22.8 Å². The Morgan fingerprint density at radius 3 is 2.49 bits per heavy atom. The summed E-state index contributed by atoms with van der Waals surface area (Å²) in [4.78, 5) is 8.00. The predicted molar refractivity (Wildman–Crippen MR) is 165 cm³/mol. The van der Waals surface area contributed by atoms with E-state index < -0.39 is 30.1 Å². The fourth-order valence-corrected chi connectivity index (χ4v) is 4.42. The summed E-state index contributed by atoms with van der Waals surface area (Å²) in [7, 11) is 0. The molecule has 1 heterocycles. The first-order chi connectivity index (χ1) is 20.0. The van der Waals surface area contributed by atoms with Crippen LogP contribution in [0.4, 0.5) is 28.9 Å². The number of hydrogen-bond acceptors (Lipinski definition) is 8. The zero-order valence-corrected chi connectivity index (χ0v) is 25.9. The van der Waals surface area contributed by atoms with Gasteiger partial charge in [-0.25, -0.2) is 4.99 Å². The van der Waals surface area contributed by atoms with E-state index in [1.54, 1.807) is 19.1 Å². The number of nitrogens with zero attached hydrogens (tertiary/aromatic N) is 4. The first-order valence-corrected chi connectivity index (χ1v) is 13.9. The second-order valence-electron chi connectivity index (χ2n) is 11.5. The van der Waals surface area contributed by atoms with Gasteiger partial charge in [0, 0.05) is 29.7 Å². The van der Waals surface area contributed by atoms with Gasteiger partial charge in [0.2, 0.25) is 5.95 Å². The maximum absolute atomic E-state index is 14.1. The summed E-state index contributed by atoms with van der Waals surface area (Å²) in [5, 5.41) is 18.0. The highest BCUT2D eigenvalue weighted by Crippen LogP contribution is 2.42. The van der Waals surface area contributed by atoms with Crippen LogP contribution in [0.2, 0.25) is 5.02 Å². The highest BCUT2D eigenvalue weighted by Gasteiger charge is 2.47. The summed E-state index contributed by atoms with van der Waals surface area (Å²) in [6.07, 6.45) is 0.626. The van der Waals surface area contributed by atoms with Crippen molar-refractivity contribution in [2.24, 2.45) is 15.4 Å². The van der Waals surface area contributed by atoms with Gasteiger partial charge in [0.15, 0.2) is 0 Å². The van der Waals surface area contributed by atoms with E-state index >= 15 is 0 Å². The summed E-state index contributed by atoms with van der Waals surface area (Å²) in [5.74, 6) is -0.669. The molecular weight excluding hydrogens is 584 g/mol. The van der Waals surface area contributed by atoms with Gasteiger partial charge in [0.25, 0.3) is 0 Å².